The van der Waals surface area contributed by atoms with E-state index in [2.05, 4.69) is 22.5 Å². The number of guanidine groups is 1. The predicted molar refractivity (Wildman–Crippen MR) is 110 cm³/mol. The minimum atomic E-state index is -0.646. The van der Waals surface area contributed by atoms with Crippen LogP contribution in [0.1, 0.15) is 65.0 Å². The van der Waals surface area contributed by atoms with Crippen molar-refractivity contribution < 1.29 is 14.6 Å². The smallest absolute Gasteiger partial charge is 0.191 e. The Bertz CT molecular complexity index is 613. The Labute approximate surface area is 163 Å². The topological polar surface area (TPSA) is 75.1 Å². The van der Waals surface area contributed by atoms with Gasteiger partial charge < -0.3 is 25.2 Å². The SMILES string of the molecule is CCNC(=NCC1(O)CCCC1)NC(C)c1ccc(OCC)c(OCC)c1. The number of aliphatic imine (C=N–C) groups is 1. The molecule has 1 fully saturated rings. The van der Waals surface area contributed by atoms with Gasteiger partial charge in [0.1, 0.15) is 0 Å². The van der Waals surface area contributed by atoms with Gasteiger partial charge in [0.05, 0.1) is 31.4 Å². The third-order valence-electron chi connectivity index (χ3n) is 4.83. The van der Waals surface area contributed by atoms with E-state index < -0.39 is 5.60 Å². The lowest BCUT2D eigenvalue weighted by atomic mass is 10.0. The quantitative estimate of drug-likeness (QED) is 0.454. The van der Waals surface area contributed by atoms with Crippen molar-refractivity contribution in [1.82, 2.24) is 10.6 Å². The summed E-state index contributed by atoms with van der Waals surface area (Å²) in [5.41, 5.74) is 0.444. The highest BCUT2D eigenvalue weighted by Gasteiger charge is 2.30. The molecule has 1 aromatic carbocycles. The molecule has 0 heterocycles. The van der Waals surface area contributed by atoms with Gasteiger partial charge in [0.15, 0.2) is 17.5 Å². The molecule has 0 aliphatic heterocycles. The molecule has 1 aliphatic rings. The molecule has 6 heteroatoms. The van der Waals surface area contributed by atoms with Gasteiger partial charge in [0.25, 0.3) is 0 Å². The number of hydrogen-bond donors (Lipinski definition) is 3. The second-order valence-corrected chi connectivity index (χ2v) is 7.06. The fraction of sp³-hybridized carbons (Fsp3) is 0.667. The van der Waals surface area contributed by atoms with Gasteiger partial charge in [0.2, 0.25) is 0 Å². The molecule has 0 bridgehead atoms. The van der Waals surface area contributed by atoms with Gasteiger partial charge in [-0.2, -0.15) is 0 Å². The number of rotatable bonds is 9. The molecule has 0 radical (unpaired) electrons. The van der Waals surface area contributed by atoms with Crippen LogP contribution in [-0.4, -0.2) is 43.0 Å². The maximum atomic E-state index is 10.5. The summed E-state index contributed by atoms with van der Waals surface area (Å²) in [5.74, 6) is 2.24. The van der Waals surface area contributed by atoms with Gasteiger partial charge in [-0.3, -0.25) is 4.99 Å². The number of nitrogens with zero attached hydrogens (tertiary/aromatic N) is 1. The Morgan fingerprint density at radius 2 is 1.81 bits per heavy atom. The molecule has 1 aliphatic carbocycles. The zero-order chi connectivity index (χ0) is 19.7. The Morgan fingerprint density at radius 3 is 2.44 bits per heavy atom. The molecule has 0 saturated heterocycles. The number of aliphatic hydroxyl groups is 1. The summed E-state index contributed by atoms with van der Waals surface area (Å²) < 4.78 is 11.4. The molecule has 1 unspecified atom stereocenters. The lowest BCUT2D eigenvalue weighted by molar-refractivity contribution is 0.0574. The molecule has 1 saturated carbocycles. The van der Waals surface area contributed by atoms with Crippen molar-refractivity contribution >= 4 is 5.96 Å². The molecule has 27 heavy (non-hydrogen) atoms. The third kappa shape index (κ3) is 6.31. The van der Waals surface area contributed by atoms with Crippen LogP contribution in [0.4, 0.5) is 0 Å². The highest BCUT2D eigenvalue weighted by Crippen LogP contribution is 2.31. The monoisotopic (exact) mass is 377 g/mol. The van der Waals surface area contributed by atoms with Crippen molar-refractivity contribution in [2.75, 3.05) is 26.3 Å². The highest BCUT2D eigenvalue weighted by atomic mass is 16.5. The van der Waals surface area contributed by atoms with Crippen molar-refractivity contribution in [2.45, 2.75) is 65.0 Å². The summed E-state index contributed by atoms with van der Waals surface area (Å²) in [6, 6.07) is 6.04. The molecule has 2 rings (SSSR count). The Balaban J connectivity index is 2.09. The molecule has 0 amide bonds. The van der Waals surface area contributed by atoms with Crippen LogP contribution in [0.5, 0.6) is 11.5 Å². The fourth-order valence-corrected chi connectivity index (χ4v) is 3.36. The highest BCUT2D eigenvalue weighted by molar-refractivity contribution is 5.80. The Kier molecular flexibility index (Phi) is 8.23. The van der Waals surface area contributed by atoms with Crippen molar-refractivity contribution in [2.24, 2.45) is 4.99 Å². The summed E-state index contributed by atoms with van der Waals surface area (Å²) in [4.78, 5) is 4.63. The summed E-state index contributed by atoms with van der Waals surface area (Å²) in [6.07, 6.45) is 3.84. The number of benzene rings is 1. The molecule has 3 N–H and O–H groups in total. The van der Waals surface area contributed by atoms with Crippen molar-refractivity contribution in [3.05, 3.63) is 23.8 Å². The van der Waals surface area contributed by atoms with Crippen LogP contribution in [-0.2, 0) is 0 Å². The van der Waals surface area contributed by atoms with E-state index >= 15 is 0 Å². The molecule has 0 aromatic heterocycles. The van der Waals surface area contributed by atoms with Gasteiger partial charge in [-0.1, -0.05) is 18.9 Å². The van der Waals surface area contributed by atoms with Crippen LogP contribution in [0.2, 0.25) is 0 Å². The van der Waals surface area contributed by atoms with Gasteiger partial charge in [-0.25, -0.2) is 0 Å². The van der Waals surface area contributed by atoms with E-state index in [0.29, 0.717) is 19.8 Å². The third-order valence-corrected chi connectivity index (χ3v) is 4.83. The molecule has 1 atom stereocenters. The van der Waals surface area contributed by atoms with E-state index in [4.69, 9.17) is 9.47 Å². The van der Waals surface area contributed by atoms with Crippen LogP contribution in [0.3, 0.4) is 0 Å². The number of ether oxygens (including phenoxy) is 2. The molecule has 1 aromatic rings. The van der Waals surface area contributed by atoms with E-state index in [1.165, 1.54) is 0 Å². The van der Waals surface area contributed by atoms with Gasteiger partial charge in [-0.15, -0.1) is 0 Å². The van der Waals surface area contributed by atoms with Crippen LogP contribution in [0.15, 0.2) is 23.2 Å². The van der Waals surface area contributed by atoms with Gasteiger partial charge in [0, 0.05) is 6.54 Å². The number of nitrogens with one attached hydrogen (secondary N) is 2. The Hall–Kier alpha value is -1.95. The first-order valence-corrected chi connectivity index (χ1v) is 10.2. The minimum Gasteiger partial charge on any atom is -0.490 e. The molecular weight excluding hydrogens is 342 g/mol. The molecule has 152 valence electrons. The first kappa shape index (κ1) is 21.4. The van der Waals surface area contributed by atoms with E-state index in [-0.39, 0.29) is 6.04 Å². The van der Waals surface area contributed by atoms with Crippen LogP contribution in [0.25, 0.3) is 0 Å². The summed E-state index contributed by atoms with van der Waals surface area (Å²) in [7, 11) is 0. The first-order valence-electron chi connectivity index (χ1n) is 10.2. The van der Waals surface area contributed by atoms with E-state index in [1.54, 1.807) is 0 Å². The maximum absolute atomic E-state index is 10.5. The van der Waals surface area contributed by atoms with E-state index in [9.17, 15) is 5.11 Å². The summed E-state index contributed by atoms with van der Waals surface area (Å²) in [5, 5.41) is 17.2. The summed E-state index contributed by atoms with van der Waals surface area (Å²) >= 11 is 0. The van der Waals surface area contributed by atoms with Gasteiger partial charge in [-0.05, 0) is 58.2 Å². The van der Waals surface area contributed by atoms with E-state index in [1.807, 2.05) is 39.0 Å². The fourth-order valence-electron chi connectivity index (χ4n) is 3.36. The number of hydrogen-bond acceptors (Lipinski definition) is 4. The van der Waals surface area contributed by atoms with Crippen LogP contribution < -0.4 is 20.1 Å². The largest absolute Gasteiger partial charge is 0.490 e. The predicted octanol–water partition coefficient (Wildman–Crippen LogP) is 3.41. The Morgan fingerprint density at radius 1 is 1.15 bits per heavy atom. The van der Waals surface area contributed by atoms with Crippen molar-refractivity contribution in [3.63, 3.8) is 0 Å². The second-order valence-electron chi connectivity index (χ2n) is 7.06. The van der Waals surface area contributed by atoms with E-state index in [0.717, 1.165) is 55.3 Å². The molecule has 6 nitrogen and oxygen atoms in total. The first-order chi connectivity index (χ1) is 13.0. The van der Waals surface area contributed by atoms with Crippen LogP contribution >= 0.6 is 0 Å². The average molecular weight is 378 g/mol. The molecular formula is C21H35N3O3. The lowest BCUT2D eigenvalue weighted by Gasteiger charge is -2.23. The minimum absolute atomic E-state index is 0.0379. The zero-order valence-corrected chi connectivity index (χ0v) is 17.2. The van der Waals surface area contributed by atoms with Crippen LogP contribution in [0, 0.1) is 0 Å². The zero-order valence-electron chi connectivity index (χ0n) is 17.2. The maximum Gasteiger partial charge on any atom is 0.191 e. The molecule has 0 spiro atoms. The average Bonchev–Trinajstić information content (AvgIpc) is 3.08. The second kappa shape index (κ2) is 10.4. The summed E-state index contributed by atoms with van der Waals surface area (Å²) in [6.45, 7) is 10.5. The standard InChI is InChI=1S/C21H35N3O3/c1-5-22-20(23-15-21(25)12-8-9-13-21)24-16(4)17-10-11-18(26-6-2)19(14-17)27-7-3/h10-11,14,16,25H,5-9,12-13,15H2,1-4H3,(H2,22,23,24). The van der Waals surface area contributed by atoms with Crippen molar-refractivity contribution in [1.29, 1.82) is 0 Å². The van der Waals surface area contributed by atoms with Crippen molar-refractivity contribution in [3.8, 4) is 11.5 Å². The normalized spacial score (nSPS) is 17.4. The van der Waals surface area contributed by atoms with Gasteiger partial charge >= 0.3 is 0 Å². The lowest BCUT2D eigenvalue weighted by Crippen LogP contribution is -2.40.